The minimum absolute atomic E-state index is 0.00857. The van der Waals surface area contributed by atoms with Crippen molar-refractivity contribution in [3.05, 3.63) is 82.9 Å². The Morgan fingerprint density at radius 3 is 2.24 bits per heavy atom. The lowest BCUT2D eigenvalue weighted by Crippen LogP contribution is -2.48. The predicted molar refractivity (Wildman–Crippen MR) is 143 cm³/mol. The molecule has 3 aromatic carbocycles. The van der Waals surface area contributed by atoms with Gasteiger partial charge in [-0.15, -0.1) is 0 Å². The Kier molecular flexibility index (Phi) is 8.55. The van der Waals surface area contributed by atoms with Gasteiger partial charge in [0.2, 0.25) is 15.8 Å². The highest BCUT2D eigenvalue weighted by molar-refractivity contribution is 7.89. The Labute approximate surface area is 226 Å². The van der Waals surface area contributed by atoms with E-state index in [0.717, 1.165) is 5.69 Å². The Morgan fingerprint density at radius 1 is 0.868 bits per heavy atom. The van der Waals surface area contributed by atoms with Gasteiger partial charge in [0.05, 0.1) is 35.3 Å². The molecular weight excluding hydrogens is 532 g/mol. The van der Waals surface area contributed by atoms with E-state index in [-0.39, 0.29) is 34.1 Å². The maximum Gasteiger partial charge on any atom is 0.340 e. The maximum atomic E-state index is 13.3. The lowest BCUT2D eigenvalue weighted by atomic mass is 10.1. The van der Waals surface area contributed by atoms with Gasteiger partial charge in [0, 0.05) is 31.9 Å². The molecule has 0 N–H and O–H groups in total. The first-order valence-corrected chi connectivity index (χ1v) is 13.6. The van der Waals surface area contributed by atoms with Crippen molar-refractivity contribution in [3.8, 4) is 11.5 Å². The molecule has 0 spiro atoms. The van der Waals surface area contributed by atoms with Crippen LogP contribution in [0.4, 0.5) is 5.69 Å². The van der Waals surface area contributed by atoms with Crippen LogP contribution in [0.2, 0.25) is 5.02 Å². The Morgan fingerprint density at radius 2 is 1.58 bits per heavy atom. The van der Waals surface area contributed by atoms with Crippen molar-refractivity contribution in [1.29, 1.82) is 0 Å². The van der Waals surface area contributed by atoms with Gasteiger partial charge < -0.3 is 19.1 Å². The van der Waals surface area contributed by atoms with Crippen LogP contribution in [-0.4, -0.2) is 71.5 Å². The minimum Gasteiger partial charge on any atom is -0.497 e. The number of sulfonamides is 1. The summed E-state index contributed by atoms with van der Waals surface area (Å²) in [7, 11) is -1.01. The van der Waals surface area contributed by atoms with Gasteiger partial charge >= 0.3 is 5.97 Å². The molecule has 0 unspecified atom stereocenters. The summed E-state index contributed by atoms with van der Waals surface area (Å²) in [6.07, 6.45) is 0. The van der Waals surface area contributed by atoms with Crippen molar-refractivity contribution >= 4 is 39.1 Å². The molecule has 0 aliphatic carbocycles. The summed E-state index contributed by atoms with van der Waals surface area (Å²) in [4.78, 5) is 27.6. The second-order valence-electron chi connectivity index (χ2n) is 8.43. The molecule has 0 atom stereocenters. The van der Waals surface area contributed by atoms with E-state index in [1.165, 1.54) is 42.8 Å². The maximum absolute atomic E-state index is 13.3. The van der Waals surface area contributed by atoms with Crippen LogP contribution in [0.25, 0.3) is 0 Å². The first kappa shape index (κ1) is 27.4. The van der Waals surface area contributed by atoms with Gasteiger partial charge in [-0.1, -0.05) is 29.8 Å². The molecule has 38 heavy (non-hydrogen) atoms. The number of piperazine rings is 1. The molecule has 0 amide bonds. The first-order chi connectivity index (χ1) is 18.2. The van der Waals surface area contributed by atoms with Crippen LogP contribution in [0.3, 0.4) is 0 Å². The summed E-state index contributed by atoms with van der Waals surface area (Å²) in [5, 5.41) is 0.00857. The molecule has 0 radical (unpaired) electrons. The van der Waals surface area contributed by atoms with Crippen LogP contribution >= 0.6 is 11.6 Å². The number of ether oxygens (including phenoxy) is 3. The van der Waals surface area contributed by atoms with Crippen molar-refractivity contribution in [2.45, 2.75) is 4.90 Å². The van der Waals surface area contributed by atoms with Crippen LogP contribution < -0.4 is 14.4 Å². The van der Waals surface area contributed by atoms with E-state index >= 15 is 0 Å². The van der Waals surface area contributed by atoms with Crippen molar-refractivity contribution < 1.29 is 32.2 Å². The number of carbonyl (C=O) groups is 2. The first-order valence-electron chi connectivity index (χ1n) is 11.8. The number of ketones is 1. The van der Waals surface area contributed by atoms with E-state index in [1.54, 1.807) is 12.1 Å². The van der Waals surface area contributed by atoms with Crippen LogP contribution in [0.15, 0.2) is 71.6 Å². The van der Waals surface area contributed by atoms with Gasteiger partial charge in [-0.05, 0) is 48.5 Å². The normalized spacial score (nSPS) is 14.1. The fraction of sp³-hybridized carbons (Fsp3) is 0.259. The van der Waals surface area contributed by atoms with Crippen LogP contribution in [0, 0.1) is 0 Å². The number of para-hydroxylation sites is 1. The summed E-state index contributed by atoms with van der Waals surface area (Å²) >= 11 is 6.20. The third kappa shape index (κ3) is 5.93. The van der Waals surface area contributed by atoms with Gasteiger partial charge in [-0.2, -0.15) is 4.31 Å². The predicted octanol–water partition coefficient (Wildman–Crippen LogP) is 3.91. The monoisotopic (exact) mass is 558 g/mol. The van der Waals surface area contributed by atoms with E-state index in [2.05, 4.69) is 4.90 Å². The second kappa shape index (κ2) is 11.8. The molecule has 0 aromatic heterocycles. The number of benzene rings is 3. The van der Waals surface area contributed by atoms with Gasteiger partial charge in [-0.25, -0.2) is 13.2 Å². The molecule has 1 heterocycles. The van der Waals surface area contributed by atoms with Crippen molar-refractivity contribution in [3.63, 3.8) is 0 Å². The molecule has 11 heteroatoms. The molecular formula is C27H27ClN2O7S. The number of methoxy groups -OCH3 is 2. The summed E-state index contributed by atoms with van der Waals surface area (Å²) < 4.78 is 43.6. The highest BCUT2D eigenvalue weighted by atomic mass is 35.5. The lowest BCUT2D eigenvalue weighted by molar-refractivity contribution is 0.0474. The molecule has 1 fully saturated rings. The number of anilines is 1. The summed E-state index contributed by atoms with van der Waals surface area (Å²) in [5.74, 6) is -0.710. The SMILES string of the molecule is COc1ccc(OC)c(C(=O)COC(=O)c2cc(S(=O)(=O)N3CCN(c4ccccc4)CC3)ccc2Cl)c1. The molecule has 200 valence electrons. The number of esters is 1. The van der Waals surface area contributed by atoms with Gasteiger partial charge in [0.1, 0.15) is 11.5 Å². The highest BCUT2D eigenvalue weighted by Gasteiger charge is 2.30. The molecule has 1 saturated heterocycles. The van der Waals surface area contributed by atoms with Crippen molar-refractivity contribution in [2.75, 3.05) is 51.9 Å². The molecule has 9 nitrogen and oxygen atoms in total. The van der Waals surface area contributed by atoms with E-state index in [4.69, 9.17) is 25.8 Å². The number of carbonyl (C=O) groups excluding carboxylic acids is 2. The van der Waals surface area contributed by atoms with Gasteiger partial charge in [0.25, 0.3) is 0 Å². The summed E-state index contributed by atoms with van der Waals surface area (Å²) in [6, 6.07) is 18.3. The number of halogens is 1. The molecule has 1 aliphatic heterocycles. The van der Waals surface area contributed by atoms with E-state index in [1.807, 2.05) is 30.3 Å². The topological polar surface area (TPSA) is 102 Å². The van der Waals surface area contributed by atoms with Crippen molar-refractivity contribution in [1.82, 2.24) is 4.31 Å². The van der Waals surface area contributed by atoms with Crippen LogP contribution in [0.1, 0.15) is 20.7 Å². The van der Waals surface area contributed by atoms with E-state index < -0.39 is 28.4 Å². The Hall–Kier alpha value is -3.60. The third-order valence-electron chi connectivity index (χ3n) is 6.20. The molecule has 3 aromatic rings. The fourth-order valence-corrected chi connectivity index (χ4v) is 5.76. The third-order valence-corrected chi connectivity index (χ3v) is 8.42. The smallest absolute Gasteiger partial charge is 0.340 e. The molecule has 0 saturated carbocycles. The minimum atomic E-state index is -3.89. The van der Waals surface area contributed by atoms with E-state index in [0.29, 0.717) is 24.6 Å². The van der Waals surface area contributed by atoms with Crippen LogP contribution in [-0.2, 0) is 14.8 Å². The van der Waals surface area contributed by atoms with Gasteiger partial charge in [-0.3, -0.25) is 4.79 Å². The standard InChI is InChI=1S/C27H27ClN2O7S/c1-35-20-8-11-26(36-2)23(16-20)25(31)18-37-27(32)22-17-21(9-10-24(22)28)38(33,34)30-14-12-29(13-15-30)19-6-4-3-5-7-19/h3-11,16-17H,12-15,18H2,1-2H3. The Bertz CT molecular complexity index is 1420. The zero-order chi connectivity index (χ0) is 27.3. The largest absolute Gasteiger partial charge is 0.497 e. The zero-order valence-electron chi connectivity index (χ0n) is 20.9. The number of hydrogen-bond acceptors (Lipinski definition) is 8. The molecule has 4 rings (SSSR count). The highest BCUT2D eigenvalue weighted by Crippen LogP contribution is 2.27. The summed E-state index contributed by atoms with van der Waals surface area (Å²) in [6.45, 7) is 1.04. The molecule has 1 aliphatic rings. The number of hydrogen-bond donors (Lipinski definition) is 0. The summed E-state index contributed by atoms with van der Waals surface area (Å²) in [5.41, 5.74) is 1.06. The van der Waals surface area contributed by atoms with E-state index in [9.17, 15) is 18.0 Å². The number of nitrogens with zero attached hydrogens (tertiary/aromatic N) is 2. The second-order valence-corrected chi connectivity index (χ2v) is 10.8. The average molecular weight is 559 g/mol. The number of rotatable bonds is 9. The van der Waals surface area contributed by atoms with Crippen LogP contribution in [0.5, 0.6) is 11.5 Å². The fourth-order valence-electron chi connectivity index (χ4n) is 4.11. The quantitative estimate of drug-likeness (QED) is 0.288. The molecule has 0 bridgehead atoms. The van der Waals surface area contributed by atoms with Gasteiger partial charge in [0.15, 0.2) is 6.61 Å². The van der Waals surface area contributed by atoms with Crippen molar-refractivity contribution in [2.24, 2.45) is 0 Å². The number of Topliss-reactive ketones (excluding diaryl/α,β-unsaturated/α-hetero) is 1. The Balaban J connectivity index is 1.45. The zero-order valence-corrected chi connectivity index (χ0v) is 22.5. The lowest BCUT2D eigenvalue weighted by Gasteiger charge is -2.35. The average Bonchev–Trinajstić information content (AvgIpc) is 2.96.